The number of ether oxygens (including phenoxy) is 2. The maximum absolute atomic E-state index is 14.4. The van der Waals surface area contributed by atoms with Crippen LogP contribution in [0.2, 0.25) is 0 Å². The monoisotopic (exact) mass is 409 g/mol. The summed E-state index contributed by atoms with van der Waals surface area (Å²) in [5.74, 6) is -3.52. The molecule has 29 heavy (non-hydrogen) atoms. The van der Waals surface area contributed by atoms with E-state index in [2.05, 4.69) is 15.3 Å². The Bertz CT molecular complexity index is 890. The number of rotatable bonds is 3. The summed E-state index contributed by atoms with van der Waals surface area (Å²) in [4.78, 5) is 20.7. The molecule has 1 N–H and O–H groups in total. The molecule has 0 aliphatic carbocycles. The second-order valence-electron chi connectivity index (χ2n) is 7.77. The van der Waals surface area contributed by atoms with E-state index in [9.17, 15) is 18.0 Å². The third-order valence-corrected chi connectivity index (χ3v) is 4.19. The van der Waals surface area contributed by atoms with Crippen LogP contribution in [0.1, 0.15) is 45.4 Å². The van der Waals surface area contributed by atoms with Gasteiger partial charge in [-0.15, -0.1) is 0 Å². The number of nitrogens with zero attached hydrogens (tertiary/aromatic N) is 2. The number of halogens is 3. The van der Waals surface area contributed by atoms with Crippen LogP contribution in [0, 0.1) is 5.82 Å². The van der Waals surface area contributed by atoms with Gasteiger partial charge in [0, 0.05) is 24.4 Å². The van der Waals surface area contributed by atoms with Crippen molar-refractivity contribution in [1.82, 2.24) is 9.97 Å². The van der Waals surface area contributed by atoms with E-state index in [0.29, 0.717) is 0 Å². The molecule has 1 atom stereocenters. The van der Waals surface area contributed by atoms with Crippen LogP contribution in [0.25, 0.3) is 11.3 Å². The molecule has 6 nitrogen and oxygen atoms in total. The molecule has 1 aliphatic heterocycles. The molecule has 0 radical (unpaired) electrons. The van der Waals surface area contributed by atoms with Gasteiger partial charge in [-0.1, -0.05) is 0 Å². The smallest absolute Gasteiger partial charge is 0.412 e. The summed E-state index contributed by atoms with van der Waals surface area (Å²) in [5.41, 5.74) is -0.196. The molecule has 2 aromatic rings. The molecular formula is C20H22F3N3O3. The highest BCUT2D eigenvalue weighted by molar-refractivity contribution is 5.92. The number of hydrogen-bond acceptors (Lipinski definition) is 5. The number of anilines is 1. The Morgan fingerprint density at radius 3 is 2.66 bits per heavy atom. The Morgan fingerprint density at radius 1 is 1.28 bits per heavy atom. The van der Waals surface area contributed by atoms with Gasteiger partial charge in [-0.25, -0.2) is 18.0 Å². The maximum Gasteiger partial charge on any atom is 0.412 e. The first-order valence-electron chi connectivity index (χ1n) is 9.15. The van der Waals surface area contributed by atoms with Crippen molar-refractivity contribution >= 4 is 11.8 Å². The van der Waals surface area contributed by atoms with E-state index < -0.39 is 36.1 Å². The van der Waals surface area contributed by atoms with Crippen molar-refractivity contribution in [1.29, 1.82) is 0 Å². The molecule has 1 aliphatic rings. The Hall–Kier alpha value is -2.68. The van der Waals surface area contributed by atoms with Crippen LogP contribution in [0.15, 0.2) is 30.6 Å². The molecule has 0 saturated carbocycles. The minimum absolute atomic E-state index is 0.00283. The average Bonchev–Trinajstić information content (AvgIpc) is 2.61. The Labute approximate surface area is 166 Å². The molecule has 3 heterocycles. The van der Waals surface area contributed by atoms with Crippen molar-refractivity contribution in [3.8, 4) is 11.3 Å². The SMILES string of the molecule is CC(C)(C)OC(=O)Nc1c(-c2ncccc2F)ccnc1[C@H]1CCC(F)(F)CO1. The summed E-state index contributed by atoms with van der Waals surface area (Å²) >= 11 is 0. The van der Waals surface area contributed by atoms with Gasteiger partial charge in [0.05, 0.1) is 11.4 Å². The minimum atomic E-state index is -2.92. The van der Waals surface area contributed by atoms with E-state index in [1.54, 1.807) is 20.8 Å². The maximum atomic E-state index is 14.4. The van der Waals surface area contributed by atoms with Crippen LogP contribution in [-0.4, -0.2) is 34.2 Å². The predicted octanol–water partition coefficient (Wildman–Crippen LogP) is 5.12. The van der Waals surface area contributed by atoms with Crippen molar-refractivity contribution in [3.63, 3.8) is 0 Å². The Morgan fingerprint density at radius 2 is 2.03 bits per heavy atom. The summed E-state index contributed by atoms with van der Waals surface area (Å²) in [6.45, 7) is 4.33. The lowest BCUT2D eigenvalue weighted by Crippen LogP contribution is -2.32. The van der Waals surface area contributed by atoms with Gasteiger partial charge in [-0.3, -0.25) is 15.3 Å². The van der Waals surface area contributed by atoms with Crippen LogP contribution in [-0.2, 0) is 9.47 Å². The molecule has 9 heteroatoms. The third-order valence-electron chi connectivity index (χ3n) is 4.19. The molecule has 2 aromatic heterocycles. The summed E-state index contributed by atoms with van der Waals surface area (Å²) in [5, 5.41) is 2.58. The number of aromatic nitrogens is 2. The number of amides is 1. The number of pyridine rings is 2. The van der Waals surface area contributed by atoms with Gasteiger partial charge in [0.25, 0.3) is 5.92 Å². The number of carbonyl (C=O) groups is 1. The lowest BCUT2D eigenvalue weighted by Gasteiger charge is -2.30. The molecule has 3 rings (SSSR count). The molecule has 156 valence electrons. The fourth-order valence-electron chi connectivity index (χ4n) is 2.98. The molecule has 0 bridgehead atoms. The summed E-state index contributed by atoms with van der Waals surface area (Å²) in [6, 6.07) is 4.16. The molecule has 0 aromatic carbocycles. The van der Waals surface area contributed by atoms with E-state index in [-0.39, 0.29) is 35.5 Å². The summed E-state index contributed by atoms with van der Waals surface area (Å²) < 4.78 is 52.0. The minimum Gasteiger partial charge on any atom is -0.444 e. The fourth-order valence-corrected chi connectivity index (χ4v) is 2.98. The van der Waals surface area contributed by atoms with Gasteiger partial charge >= 0.3 is 6.09 Å². The predicted molar refractivity (Wildman–Crippen MR) is 100 cm³/mol. The largest absolute Gasteiger partial charge is 0.444 e. The zero-order chi connectivity index (χ0) is 21.2. The summed E-state index contributed by atoms with van der Waals surface area (Å²) in [6.07, 6.45) is 0.851. The first kappa shape index (κ1) is 21.0. The van der Waals surface area contributed by atoms with Crippen molar-refractivity contribution in [2.75, 3.05) is 11.9 Å². The second-order valence-corrected chi connectivity index (χ2v) is 7.77. The van der Waals surface area contributed by atoms with Crippen molar-refractivity contribution in [3.05, 3.63) is 42.1 Å². The number of alkyl halides is 2. The van der Waals surface area contributed by atoms with Gasteiger partial charge in [0.1, 0.15) is 29.8 Å². The van der Waals surface area contributed by atoms with Crippen molar-refractivity contribution < 1.29 is 27.4 Å². The summed E-state index contributed by atoms with van der Waals surface area (Å²) in [7, 11) is 0. The first-order chi connectivity index (χ1) is 13.6. The Kier molecular flexibility index (Phi) is 5.79. The lowest BCUT2D eigenvalue weighted by molar-refractivity contribution is -0.146. The molecule has 0 unspecified atom stereocenters. The van der Waals surface area contributed by atoms with E-state index >= 15 is 0 Å². The van der Waals surface area contributed by atoms with Gasteiger partial charge in [0.15, 0.2) is 0 Å². The highest BCUT2D eigenvalue weighted by Crippen LogP contribution is 2.40. The molecule has 1 saturated heterocycles. The van der Waals surface area contributed by atoms with Gasteiger partial charge in [0.2, 0.25) is 0 Å². The molecular weight excluding hydrogens is 387 g/mol. The van der Waals surface area contributed by atoms with E-state index in [4.69, 9.17) is 9.47 Å². The van der Waals surface area contributed by atoms with Crippen LogP contribution < -0.4 is 5.32 Å². The first-order valence-corrected chi connectivity index (χ1v) is 9.15. The number of nitrogens with one attached hydrogen (secondary N) is 1. The lowest BCUT2D eigenvalue weighted by atomic mass is 9.99. The normalized spacial score (nSPS) is 18.9. The molecule has 1 amide bonds. The topological polar surface area (TPSA) is 73.3 Å². The van der Waals surface area contributed by atoms with E-state index in [0.717, 1.165) is 0 Å². The van der Waals surface area contributed by atoms with Gasteiger partial charge in [-0.2, -0.15) is 0 Å². The molecule has 1 fully saturated rings. The van der Waals surface area contributed by atoms with Crippen LogP contribution in [0.3, 0.4) is 0 Å². The highest BCUT2D eigenvalue weighted by atomic mass is 19.3. The average molecular weight is 409 g/mol. The quantitative estimate of drug-likeness (QED) is 0.762. The highest BCUT2D eigenvalue weighted by Gasteiger charge is 2.38. The van der Waals surface area contributed by atoms with Gasteiger partial charge in [-0.05, 0) is 45.4 Å². The van der Waals surface area contributed by atoms with Gasteiger partial charge < -0.3 is 9.47 Å². The zero-order valence-electron chi connectivity index (χ0n) is 16.3. The van der Waals surface area contributed by atoms with Crippen LogP contribution in [0.5, 0.6) is 0 Å². The van der Waals surface area contributed by atoms with Crippen molar-refractivity contribution in [2.45, 2.75) is 51.2 Å². The molecule has 0 spiro atoms. The third kappa shape index (κ3) is 5.23. The fraction of sp³-hybridized carbons (Fsp3) is 0.450. The van der Waals surface area contributed by atoms with Crippen LogP contribution in [0.4, 0.5) is 23.7 Å². The van der Waals surface area contributed by atoms with Crippen molar-refractivity contribution in [2.24, 2.45) is 0 Å². The number of carbonyl (C=O) groups excluding carboxylic acids is 1. The second kappa shape index (κ2) is 7.98. The van der Waals surface area contributed by atoms with E-state index in [1.807, 2.05) is 0 Å². The van der Waals surface area contributed by atoms with Crippen LogP contribution >= 0.6 is 0 Å². The number of hydrogen-bond donors (Lipinski definition) is 1. The standard InChI is InChI=1S/C20H22F3N3O3/c1-19(2,3)29-18(27)26-16-12(15-13(21)5-4-9-24-15)7-10-25-17(16)14-6-8-20(22,23)11-28-14/h4-5,7,9-10,14H,6,8,11H2,1-3H3,(H,26,27)/t14-/m1/s1. The van der Waals surface area contributed by atoms with E-state index in [1.165, 1.54) is 30.6 Å². The zero-order valence-corrected chi connectivity index (χ0v) is 16.3. The Balaban J connectivity index is 2.03.